The second-order valence-corrected chi connectivity index (χ2v) is 9.99. The summed E-state index contributed by atoms with van der Waals surface area (Å²) in [6.45, 7) is 5.62. The summed E-state index contributed by atoms with van der Waals surface area (Å²) in [7, 11) is 0. The number of rotatable bonds is 4. The molecule has 37 heavy (non-hydrogen) atoms. The second kappa shape index (κ2) is 8.38. The van der Waals surface area contributed by atoms with Gasteiger partial charge < -0.3 is 4.74 Å². The van der Waals surface area contributed by atoms with E-state index in [1.165, 1.54) is 10.8 Å². The van der Waals surface area contributed by atoms with E-state index in [4.69, 9.17) is 16.3 Å². The fourth-order valence-electron chi connectivity index (χ4n) is 4.15. The van der Waals surface area contributed by atoms with Crippen LogP contribution in [0.3, 0.4) is 0 Å². The van der Waals surface area contributed by atoms with E-state index in [9.17, 15) is 13.2 Å². The lowest BCUT2D eigenvalue weighted by Crippen LogP contribution is -2.07. The number of alkyl halides is 3. The first-order valence-corrected chi connectivity index (χ1v) is 12.2. The molecule has 0 unspecified atom stereocenters. The summed E-state index contributed by atoms with van der Waals surface area (Å²) in [5.74, 6) is 1.03. The minimum absolute atomic E-state index is 0.169. The number of hydrogen-bond donors (Lipinski definition) is 0. The standard InChI is InChI=1S/C24H17ClF3N7OS/c1-11-8-16(24(26,27)28)30-23-17(11)19-20(37-23)22-31-21(33-35(22)9-29-19)15-4-5-34(32-15)10-36-14-6-12(2)18(25)13(3)7-14/h4-9H,10H2,1-3H3. The molecule has 0 saturated heterocycles. The molecular formula is C24H17ClF3N7OS. The molecule has 0 fully saturated rings. The van der Waals surface area contributed by atoms with E-state index in [2.05, 4.69) is 25.1 Å². The summed E-state index contributed by atoms with van der Waals surface area (Å²) >= 11 is 7.33. The Hall–Kier alpha value is -3.77. The maximum absolute atomic E-state index is 13.3. The van der Waals surface area contributed by atoms with Gasteiger partial charge in [0.05, 0.1) is 5.52 Å². The number of nitrogens with zero attached hydrogens (tertiary/aromatic N) is 7. The van der Waals surface area contributed by atoms with Crippen molar-refractivity contribution in [3.05, 3.63) is 64.2 Å². The van der Waals surface area contributed by atoms with Gasteiger partial charge in [0, 0.05) is 16.6 Å². The molecule has 188 valence electrons. The van der Waals surface area contributed by atoms with Crippen LogP contribution in [0.2, 0.25) is 5.02 Å². The molecule has 0 amide bonds. The molecule has 0 spiro atoms. The van der Waals surface area contributed by atoms with Crippen molar-refractivity contribution in [1.82, 2.24) is 34.3 Å². The van der Waals surface area contributed by atoms with Gasteiger partial charge in [-0.3, -0.25) is 0 Å². The Kier molecular flexibility index (Phi) is 5.35. The second-order valence-electron chi connectivity index (χ2n) is 8.62. The van der Waals surface area contributed by atoms with E-state index >= 15 is 0 Å². The van der Waals surface area contributed by atoms with Crippen molar-refractivity contribution in [2.24, 2.45) is 0 Å². The van der Waals surface area contributed by atoms with Crippen LogP contribution in [0.4, 0.5) is 13.2 Å². The van der Waals surface area contributed by atoms with E-state index in [1.807, 2.05) is 26.0 Å². The number of aryl methyl sites for hydroxylation is 3. The Balaban J connectivity index is 1.34. The summed E-state index contributed by atoms with van der Waals surface area (Å²) in [5, 5.41) is 10.3. The average molecular weight is 544 g/mol. The number of aromatic nitrogens is 7. The Morgan fingerprint density at radius 3 is 2.51 bits per heavy atom. The number of benzene rings is 1. The molecule has 0 aliphatic heterocycles. The summed E-state index contributed by atoms with van der Waals surface area (Å²) in [6.07, 6.45) is -1.30. The third-order valence-electron chi connectivity index (χ3n) is 5.90. The topological polar surface area (TPSA) is 83.0 Å². The van der Waals surface area contributed by atoms with Gasteiger partial charge in [-0.1, -0.05) is 11.6 Å². The number of thiophene rings is 1. The van der Waals surface area contributed by atoms with Crippen molar-refractivity contribution >= 4 is 49.0 Å². The van der Waals surface area contributed by atoms with Crippen molar-refractivity contribution in [3.8, 4) is 17.3 Å². The predicted molar refractivity (Wildman–Crippen MR) is 134 cm³/mol. The van der Waals surface area contributed by atoms with Crippen molar-refractivity contribution in [2.75, 3.05) is 0 Å². The van der Waals surface area contributed by atoms with Gasteiger partial charge in [0.1, 0.15) is 33.0 Å². The molecule has 5 heterocycles. The third kappa shape index (κ3) is 4.05. The first-order chi connectivity index (χ1) is 17.6. The summed E-state index contributed by atoms with van der Waals surface area (Å²) in [6, 6.07) is 6.52. The number of ether oxygens (including phenoxy) is 1. The van der Waals surface area contributed by atoms with Gasteiger partial charge >= 0.3 is 6.18 Å². The van der Waals surface area contributed by atoms with Crippen LogP contribution < -0.4 is 4.74 Å². The molecule has 0 atom stereocenters. The lowest BCUT2D eigenvalue weighted by atomic mass is 10.1. The third-order valence-corrected chi connectivity index (χ3v) is 7.56. The van der Waals surface area contributed by atoms with Gasteiger partial charge in [-0.25, -0.2) is 24.1 Å². The largest absolute Gasteiger partial charge is 0.471 e. The Morgan fingerprint density at radius 2 is 1.78 bits per heavy atom. The van der Waals surface area contributed by atoms with E-state index in [-0.39, 0.29) is 11.6 Å². The number of hydrogen-bond acceptors (Lipinski definition) is 7. The normalized spacial score (nSPS) is 12.3. The molecule has 1 aromatic carbocycles. The van der Waals surface area contributed by atoms with Crippen LogP contribution in [0.15, 0.2) is 36.8 Å². The molecule has 0 aliphatic carbocycles. The van der Waals surface area contributed by atoms with Crippen LogP contribution >= 0.6 is 22.9 Å². The highest BCUT2D eigenvalue weighted by molar-refractivity contribution is 7.26. The molecule has 6 rings (SSSR count). The van der Waals surface area contributed by atoms with Crippen molar-refractivity contribution in [2.45, 2.75) is 33.7 Å². The molecule has 0 aliphatic rings. The maximum atomic E-state index is 13.3. The van der Waals surface area contributed by atoms with Gasteiger partial charge in [-0.05, 0) is 61.7 Å². The fourth-order valence-corrected chi connectivity index (χ4v) is 5.43. The maximum Gasteiger partial charge on any atom is 0.433 e. The monoisotopic (exact) mass is 543 g/mol. The molecular weight excluding hydrogens is 527 g/mol. The average Bonchev–Trinajstić information content (AvgIpc) is 3.56. The molecule has 0 radical (unpaired) electrons. The first kappa shape index (κ1) is 23.6. The molecule has 13 heteroatoms. The minimum atomic E-state index is -4.53. The zero-order valence-electron chi connectivity index (χ0n) is 19.6. The number of pyridine rings is 1. The van der Waals surface area contributed by atoms with Crippen molar-refractivity contribution in [1.29, 1.82) is 0 Å². The van der Waals surface area contributed by atoms with E-state index < -0.39 is 11.9 Å². The first-order valence-electron chi connectivity index (χ1n) is 11.0. The van der Waals surface area contributed by atoms with Crippen molar-refractivity contribution < 1.29 is 17.9 Å². The van der Waals surface area contributed by atoms with Crippen LogP contribution in [-0.4, -0.2) is 34.3 Å². The summed E-state index contributed by atoms with van der Waals surface area (Å²) in [4.78, 5) is 13.1. The number of halogens is 4. The van der Waals surface area contributed by atoms with Gasteiger partial charge in [0.15, 0.2) is 12.4 Å². The molecule has 0 bridgehead atoms. The quantitative estimate of drug-likeness (QED) is 0.256. The molecule has 0 N–H and O–H groups in total. The van der Waals surface area contributed by atoms with Crippen LogP contribution in [0.5, 0.6) is 5.75 Å². The minimum Gasteiger partial charge on any atom is -0.471 e. The number of fused-ring (bicyclic) bond motifs is 5. The molecule has 8 nitrogen and oxygen atoms in total. The summed E-state index contributed by atoms with van der Waals surface area (Å²) in [5.41, 5.74) is 2.88. The van der Waals surface area contributed by atoms with E-state index in [0.717, 1.165) is 28.5 Å². The highest BCUT2D eigenvalue weighted by Gasteiger charge is 2.33. The zero-order chi connectivity index (χ0) is 26.1. The smallest absolute Gasteiger partial charge is 0.433 e. The van der Waals surface area contributed by atoms with Gasteiger partial charge in [-0.2, -0.15) is 18.3 Å². The van der Waals surface area contributed by atoms with Gasteiger partial charge in [0.2, 0.25) is 5.82 Å². The Bertz CT molecular complexity index is 1820. The van der Waals surface area contributed by atoms with E-state index in [1.54, 1.807) is 23.9 Å². The van der Waals surface area contributed by atoms with Gasteiger partial charge in [-0.15, -0.1) is 16.4 Å². The van der Waals surface area contributed by atoms with E-state index in [0.29, 0.717) is 49.1 Å². The highest BCUT2D eigenvalue weighted by atomic mass is 35.5. The molecule has 6 aromatic rings. The Morgan fingerprint density at radius 1 is 1.03 bits per heavy atom. The van der Waals surface area contributed by atoms with Crippen LogP contribution in [0, 0.1) is 20.8 Å². The van der Waals surface area contributed by atoms with Crippen LogP contribution in [0.25, 0.3) is 37.6 Å². The highest BCUT2D eigenvalue weighted by Crippen LogP contribution is 2.38. The zero-order valence-corrected chi connectivity index (χ0v) is 21.2. The fraction of sp³-hybridized carbons (Fsp3) is 0.208. The van der Waals surface area contributed by atoms with Gasteiger partial charge in [0.25, 0.3) is 0 Å². The summed E-state index contributed by atoms with van der Waals surface area (Å²) < 4.78 is 49.4. The van der Waals surface area contributed by atoms with Crippen LogP contribution in [-0.2, 0) is 12.9 Å². The lowest BCUT2D eigenvalue weighted by molar-refractivity contribution is -0.141. The SMILES string of the molecule is Cc1cc(OCn2ccc(-c3nc4c5sc6nc(C(F)(F)F)cc(C)c6c5ncn4n3)n2)cc(C)c1Cl. The van der Waals surface area contributed by atoms with Crippen molar-refractivity contribution in [3.63, 3.8) is 0 Å². The lowest BCUT2D eigenvalue weighted by Gasteiger charge is -2.09. The molecule has 0 saturated carbocycles. The van der Waals surface area contributed by atoms with Crippen LogP contribution in [0.1, 0.15) is 22.4 Å². The molecule has 5 aromatic heterocycles. The Labute approximate surface area is 216 Å². The predicted octanol–water partition coefficient (Wildman–Crippen LogP) is 6.38.